The van der Waals surface area contributed by atoms with Gasteiger partial charge in [0.25, 0.3) is 0 Å². The van der Waals surface area contributed by atoms with Gasteiger partial charge in [-0.05, 0) is 55.5 Å². The van der Waals surface area contributed by atoms with Crippen molar-refractivity contribution in [1.29, 1.82) is 0 Å². The molecule has 1 fully saturated rings. The van der Waals surface area contributed by atoms with E-state index < -0.39 is 11.0 Å². The van der Waals surface area contributed by atoms with E-state index >= 15 is 0 Å². The van der Waals surface area contributed by atoms with E-state index in [9.17, 15) is 9.00 Å². The van der Waals surface area contributed by atoms with Crippen molar-refractivity contribution in [3.8, 4) is 11.1 Å². The average molecular weight is 416 g/mol. The van der Waals surface area contributed by atoms with Crippen LogP contribution in [0.5, 0.6) is 0 Å². The number of carbonyl (C=O) groups excluding carboxylic acids is 1. The Morgan fingerprint density at radius 1 is 1.28 bits per heavy atom. The fraction of sp³-hybridized carbons (Fsp3) is 0.455. The summed E-state index contributed by atoms with van der Waals surface area (Å²) in [5.41, 5.74) is 4.35. The summed E-state index contributed by atoms with van der Waals surface area (Å²) in [5.74, 6) is 0. The quantitative estimate of drug-likeness (QED) is 0.662. The Hall–Kier alpha value is -2.25. The maximum Gasteiger partial charge on any atom is 0.410 e. The van der Waals surface area contributed by atoms with E-state index in [4.69, 9.17) is 4.74 Å². The molecule has 2 heterocycles. The van der Waals surface area contributed by atoms with Crippen LogP contribution in [0.2, 0.25) is 0 Å². The lowest BCUT2D eigenvalue weighted by atomic mass is 10.00. The third kappa shape index (κ3) is 5.87. The fourth-order valence-corrected chi connectivity index (χ4v) is 4.04. The van der Waals surface area contributed by atoms with Gasteiger partial charge in [-0.15, -0.1) is 0 Å². The predicted octanol–water partition coefficient (Wildman–Crippen LogP) is 3.99. The van der Waals surface area contributed by atoms with Crippen LogP contribution in [0.25, 0.3) is 11.1 Å². The number of amides is 1. The molecular weight excluding hydrogens is 386 g/mol. The molecule has 0 spiro atoms. The Kier molecular flexibility index (Phi) is 7.39. The minimum atomic E-state index is -0.997. The molecular formula is C22H29N3O3S. The van der Waals surface area contributed by atoms with E-state index in [0.717, 1.165) is 41.6 Å². The molecule has 0 saturated carbocycles. The topological polar surface area (TPSA) is 71.5 Å². The second-order valence-corrected chi connectivity index (χ2v) is 8.66. The molecule has 1 aliphatic heterocycles. The van der Waals surface area contributed by atoms with E-state index in [1.165, 1.54) is 0 Å². The average Bonchev–Trinajstić information content (AvgIpc) is 2.71. The number of ether oxygens (including phenoxy) is 1. The Morgan fingerprint density at radius 3 is 2.69 bits per heavy atom. The largest absolute Gasteiger partial charge is 0.446 e. The van der Waals surface area contributed by atoms with Crippen LogP contribution < -0.4 is 4.72 Å². The van der Waals surface area contributed by atoms with Crippen LogP contribution in [0, 0.1) is 6.92 Å². The molecule has 1 aromatic carbocycles. The number of hydrogen-bond acceptors (Lipinski definition) is 4. The molecule has 0 bridgehead atoms. The van der Waals surface area contributed by atoms with Gasteiger partial charge in [-0.25, -0.2) is 13.7 Å². The van der Waals surface area contributed by atoms with Gasteiger partial charge in [-0.2, -0.15) is 0 Å². The van der Waals surface area contributed by atoms with Gasteiger partial charge in [0.1, 0.15) is 6.10 Å². The maximum atomic E-state index is 12.5. The van der Waals surface area contributed by atoms with Gasteiger partial charge in [0, 0.05) is 37.7 Å². The zero-order valence-electron chi connectivity index (χ0n) is 17.3. The van der Waals surface area contributed by atoms with Gasteiger partial charge in [0.15, 0.2) is 0 Å². The summed E-state index contributed by atoms with van der Waals surface area (Å²) in [4.78, 5) is 18.6. The van der Waals surface area contributed by atoms with Gasteiger partial charge >= 0.3 is 6.09 Å². The number of carbonyl (C=O) groups is 1. The first-order chi connectivity index (χ1) is 13.9. The monoisotopic (exact) mass is 415 g/mol. The zero-order chi connectivity index (χ0) is 20.8. The molecule has 1 aromatic heterocycles. The van der Waals surface area contributed by atoms with Crippen LogP contribution in [0.3, 0.4) is 0 Å². The molecule has 1 amide bonds. The van der Waals surface area contributed by atoms with Crippen LogP contribution in [0.4, 0.5) is 4.79 Å². The normalized spacial score (nSPS) is 18.9. The number of benzene rings is 1. The lowest BCUT2D eigenvalue weighted by Gasteiger charge is -2.36. The van der Waals surface area contributed by atoms with Gasteiger partial charge < -0.3 is 9.64 Å². The number of rotatable bonds is 8. The van der Waals surface area contributed by atoms with Crippen LogP contribution in [0.15, 0.2) is 42.6 Å². The Balaban J connectivity index is 1.56. The molecule has 29 heavy (non-hydrogen) atoms. The number of nitrogens with one attached hydrogen (secondary N) is 1. The number of cyclic esters (lactones) is 1. The van der Waals surface area contributed by atoms with Crippen molar-refractivity contribution in [3.63, 3.8) is 0 Å². The highest BCUT2D eigenvalue weighted by Crippen LogP contribution is 2.28. The Labute approximate surface area is 175 Å². The van der Waals surface area contributed by atoms with Crippen molar-refractivity contribution in [3.05, 3.63) is 53.9 Å². The molecule has 6 nitrogen and oxygen atoms in total. The van der Waals surface area contributed by atoms with Gasteiger partial charge in [0.05, 0.1) is 17.0 Å². The predicted molar refractivity (Wildman–Crippen MR) is 116 cm³/mol. The highest BCUT2D eigenvalue weighted by molar-refractivity contribution is 7.82. The fourth-order valence-electron chi connectivity index (χ4n) is 3.60. The number of nitrogens with zero attached hydrogens (tertiary/aromatic N) is 2. The van der Waals surface area contributed by atoms with E-state index in [0.29, 0.717) is 13.1 Å². The molecule has 7 heteroatoms. The van der Waals surface area contributed by atoms with Crippen LogP contribution in [0.1, 0.15) is 43.5 Å². The second kappa shape index (κ2) is 9.98. The molecule has 3 unspecified atom stereocenters. The summed E-state index contributed by atoms with van der Waals surface area (Å²) in [6.45, 7) is 5.37. The second-order valence-electron chi connectivity index (χ2n) is 7.46. The third-order valence-electron chi connectivity index (χ3n) is 5.29. The van der Waals surface area contributed by atoms with Crippen molar-refractivity contribution >= 4 is 17.1 Å². The number of aryl methyl sites for hydroxylation is 1. The number of aromatic nitrogens is 1. The molecule has 2 aromatic rings. The van der Waals surface area contributed by atoms with E-state index in [-0.39, 0.29) is 18.2 Å². The maximum absolute atomic E-state index is 12.5. The minimum Gasteiger partial charge on any atom is -0.446 e. The summed E-state index contributed by atoms with van der Waals surface area (Å²) in [7, 11) is -0.997. The standard InChI is InChI=1S/C22H29N3O3S/c1-16-15-20(10-13-23-16)19-8-6-18(7-9-19)17(2)25-14-11-21(28-22(25)26)5-4-12-24-29(3)27/h6-10,13,15,17,21,24H,4-5,11-12,14H2,1-3H3. The molecule has 156 valence electrons. The van der Waals surface area contributed by atoms with Gasteiger partial charge in [0.2, 0.25) is 0 Å². The van der Waals surface area contributed by atoms with Crippen molar-refractivity contribution in [1.82, 2.24) is 14.6 Å². The molecule has 1 saturated heterocycles. The Morgan fingerprint density at radius 2 is 2.03 bits per heavy atom. The highest BCUT2D eigenvalue weighted by Gasteiger charge is 2.30. The van der Waals surface area contributed by atoms with Crippen molar-refractivity contribution in [2.45, 2.75) is 45.3 Å². The molecule has 0 radical (unpaired) electrons. The lowest BCUT2D eigenvalue weighted by molar-refractivity contribution is 0.00942. The first-order valence-corrected chi connectivity index (χ1v) is 11.6. The van der Waals surface area contributed by atoms with Crippen LogP contribution in [-0.4, -0.2) is 45.6 Å². The van der Waals surface area contributed by atoms with Gasteiger partial charge in [-0.1, -0.05) is 24.3 Å². The zero-order valence-corrected chi connectivity index (χ0v) is 18.1. The summed E-state index contributed by atoms with van der Waals surface area (Å²) in [6, 6.07) is 12.3. The highest BCUT2D eigenvalue weighted by atomic mass is 32.2. The van der Waals surface area contributed by atoms with Crippen molar-refractivity contribution < 1.29 is 13.7 Å². The van der Waals surface area contributed by atoms with Crippen molar-refractivity contribution in [2.75, 3.05) is 19.3 Å². The van der Waals surface area contributed by atoms with E-state index in [2.05, 4.69) is 40.0 Å². The molecule has 1 aliphatic rings. The molecule has 1 N–H and O–H groups in total. The SMILES string of the molecule is Cc1cc(-c2ccc(C(C)N3CCC(CCCNS(C)=O)OC3=O)cc2)ccn1. The Bertz CT molecular complexity index is 857. The van der Waals surface area contributed by atoms with E-state index in [1.807, 2.05) is 26.1 Å². The first-order valence-electron chi connectivity index (χ1n) is 10.0. The first kappa shape index (κ1) is 21.5. The lowest BCUT2D eigenvalue weighted by Crippen LogP contribution is -2.43. The summed E-state index contributed by atoms with van der Waals surface area (Å²) >= 11 is 0. The molecule has 3 rings (SSSR count). The van der Waals surface area contributed by atoms with Gasteiger partial charge in [-0.3, -0.25) is 4.98 Å². The minimum absolute atomic E-state index is 0.0409. The number of pyridine rings is 1. The summed E-state index contributed by atoms with van der Waals surface area (Å²) in [5, 5.41) is 0. The number of hydrogen-bond donors (Lipinski definition) is 1. The van der Waals surface area contributed by atoms with Crippen LogP contribution >= 0.6 is 0 Å². The van der Waals surface area contributed by atoms with E-state index in [1.54, 1.807) is 11.2 Å². The molecule has 0 aliphatic carbocycles. The van der Waals surface area contributed by atoms with Crippen LogP contribution in [-0.2, 0) is 15.7 Å². The summed E-state index contributed by atoms with van der Waals surface area (Å²) < 4.78 is 19.5. The summed E-state index contributed by atoms with van der Waals surface area (Å²) in [6.07, 6.45) is 5.56. The van der Waals surface area contributed by atoms with Crippen molar-refractivity contribution in [2.24, 2.45) is 0 Å². The smallest absolute Gasteiger partial charge is 0.410 e. The third-order valence-corrected chi connectivity index (χ3v) is 5.90. The molecule has 3 atom stereocenters.